The fourth-order valence-electron chi connectivity index (χ4n) is 3.58. The standard InChI is InChI=1S/C22H24FN3O3/c23-16-7-8-20-18(12-16)19(9-10-29-20)26-22(28)24-13-14-3-1-6-17(11-14)25-21(27)15-4-2-5-15/h1,3,6-8,11-12,15,19H,2,4-5,9-10,13H2,(H,25,27)(H2,24,26,28). The molecule has 1 heterocycles. The van der Waals surface area contributed by atoms with Crippen LogP contribution in [0.25, 0.3) is 0 Å². The maximum atomic E-state index is 13.6. The van der Waals surface area contributed by atoms with Crippen LogP contribution in [0.4, 0.5) is 14.9 Å². The van der Waals surface area contributed by atoms with Crippen LogP contribution in [0, 0.1) is 11.7 Å². The van der Waals surface area contributed by atoms with E-state index in [1.807, 2.05) is 24.3 Å². The first-order valence-corrected chi connectivity index (χ1v) is 9.95. The molecule has 4 rings (SSSR count). The van der Waals surface area contributed by atoms with E-state index in [1.165, 1.54) is 12.1 Å². The Balaban J connectivity index is 1.32. The van der Waals surface area contributed by atoms with Gasteiger partial charge in [0.15, 0.2) is 0 Å². The lowest BCUT2D eigenvalue weighted by molar-refractivity contribution is -0.122. The van der Waals surface area contributed by atoms with Gasteiger partial charge in [-0.3, -0.25) is 4.79 Å². The summed E-state index contributed by atoms with van der Waals surface area (Å²) < 4.78 is 19.1. The number of benzene rings is 2. The van der Waals surface area contributed by atoms with E-state index in [0.717, 1.165) is 30.5 Å². The molecule has 2 aromatic rings. The van der Waals surface area contributed by atoms with Crippen LogP contribution in [0.15, 0.2) is 42.5 Å². The van der Waals surface area contributed by atoms with Crippen molar-refractivity contribution in [1.82, 2.24) is 10.6 Å². The lowest BCUT2D eigenvalue weighted by atomic mass is 9.85. The number of rotatable bonds is 5. The summed E-state index contributed by atoms with van der Waals surface area (Å²) in [4.78, 5) is 24.4. The third-order valence-corrected chi connectivity index (χ3v) is 5.44. The van der Waals surface area contributed by atoms with Gasteiger partial charge in [-0.25, -0.2) is 9.18 Å². The van der Waals surface area contributed by atoms with E-state index in [1.54, 1.807) is 6.07 Å². The van der Waals surface area contributed by atoms with Crippen LogP contribution < -0.4 is 20.7 Å². The first kappa shape index (κ1) is 19.2. The fourth-order valence-corrected chi connectivity index (χ4v) is 3.58. The van der Waals surface area contributed by atoms with Crippen molar-refractivity contribution in [2.45, 2.75) is 38.3 Å². The lowest BCUT2D eigenvalue weighted by Crippen LogP contribution is -2.39. The normalized spacial score (nSPS) is 18.0. The molecule has 0 bridgehead atoms. The average Bonchev–Trinajstić information content (AvgIpc) is 2.66. The van der Waals surface area contributed by atoms with E-state index in [2.05, 4.69) is 16.0 Å². The zero-order chi connectivity index (χ0) is 20.2. The van der Waals surface area contributed by atoms with Gasteiger partial charge in [-0.1, -0.05) is 18.6 Å². The second-order valence-electron chi connectivity index (χ2n) is 7.52. The summed E-state index contributed by atoms with van der Waals surface area (Å²) in [5, 5.41) is 8.64. The summed E-state index contributed by atoms with van der Waals surface area (Å²) in [6.45, 7) is 0.782. The molecule has 3 amide bonds. The molecule has 152 valence electrons. The maximum Gasteiger partial charge on any atom is 0.315 e. The Morgan fingerprint density at radius 1 is 1.10 bits per heavy atom. The van der Waals surface area contributed by atoms with Crippen molar-refractivity contribution < 1.29 is 18.7 Å². The number of nitrogens with one attached hydrogen (secondary N) is 3. The minimum Gasteiger partial charge on any atom is -0.493 e. The summed E-state index contributed by atoms with van der Waals surface area (Å²) in [6.07, 6.45) is 3.59. The molecular formula is C22H24FN3O3. The van der Waals surface area contributed by atoms with Crippen LogP contribution in [0.5, 0.6) is 5.75 Å². The number of hydrogen-bond donors (Lipinski definition) is 3. The van der Waals surface area contributed by atoms with Crippen molar-refractivity contribution in [3.05, 3.63) is 59.4 Å². The second kappa shape index (κ2) is 8.51. The Morgan fingerprint density at radius 3 is 2.76 bits per heavy atom. The summed E-state index contributed by atoms with van der Waals surface area (Å²) in [7, 11) is 0. The van der Waals surface area contributed by atoms with Crippen molar-refractivity contribution in [3.63, 3.8) is 0 Å². The van der Waals surface area contributed by atoms with Gasteiger partial charge >= 0.3 is 6.03 Å². The van der Waals surface area contributed by atoms with Gasteiger partial charge < -0.3 is 20.7 Å². The van der Waals surface area contributed by atoms with Crippen LogP contribution in [0.2, 0.25) is 0 Å². The topological polar surface area (TPSA) is 79.5 Å². The highest BCUT2D eigenvalue weighted by Gasteiger charge is 2.25. The van der Waals surface area contributed by atoms with Gasteiger partial charge in [0.05, 0.1) is 12.6 Å². The molecule has 7 heteroatoms. The number of ether oxygens (including phenoxy) is 1. The van der Waals surface area contributed by atoms with Crippen molar-refractivity contribution in [2.24, 2.45) is 5.92 Å². The number of anilines is 1. The molecule has 6 nitrogen and oxygen atoms in total. The molecule has 0 aromatic heterocycles. The quantitative estimate of drug-likeness (QED) is 0.716. The minimum absolute atomic E-state index is 0.0597. The van der Waals surface area contributed by atoms with E-state index < -0.39 is 0 Å². The van der Waals surface area contributed by atoms with Gasteiger partial charge in [0.25, 0.3) is 0 Å². The smallest absolute Gasteiger partial charge is 0.315 e. The molecule has 1 saturated carbocycles. The van der Waals surface area contributed by atoms with Crippen LogP contribution in [0.3, 0.4) is 0 Å². The Bertz CT molecular complexity index is 914. The van der Waals surface area contributed by atoms with Crippen LogP contribution in [-0.2, 0) is 11.3 Å². The molecule has 29 heavy (non-hydrogen) atoms. The number of amides is 3. The number of carbonyl (C=O) groups is 2. The molecule has 1 fully saturated rings. The molecular weight excluding hydrogens is 373 g/mol. The predicted octanol–water partition coefficient (Wildman–Crippen LogP) is 3.89. The zero-order valence-corrected chi connectivity index (χ0v) is 16.0. The Hall–Kier alpha value is -3.09. The Kier molecular flexibility index (Phi) is 5.64. The number of carbonyl (C=O) groups excluding carboxylic acids is 2. The van der Waals surface area contributed by atoms with Crippen molar-refractivity contribution in [3.8, 4) is 5.75 Å². The zero-order valence-electron chi connectivity index (χ0n) is 16.0. The Labute approximate surface area is 168 Å². The molecule has 0 radical (unpaired) electrons. The summed E-state index contributed by atoms with van der Waals surface area (Å²) in [6, 6.07) is 11.1. The van der Waals surface area contributed by atoms with E-state index in [9.17, 15) is 14.0 Å². The number of urea groups is 1. The molecule has 1 atom stereocenters. The van der Waals surface area contributed by atoms with Gasteiger partial charge in [-0.05, 0) is 48.7 Å². The number of hydrogen-bond acceptors (Lipinski definition) is 3. The number of halogens is 1. The molecule has 2 aliphatic rings. The van der Waals surface area contributed by atoms with Crippen LogP contribution >= 0.6 is 0 Å². The van der Waals surface area contributed by atoms with Gasteiger partial charge in [-0.2, -0.15) is 0 Å². The fraction of sp³-hybridized carbons (Fsp3) is 0.364. The van der Waals surface area contributed by atoms with Gasteiger partial charge in [-0.15, -0.1) is 0 Å². The van der Waals surface area contributed by atoms with Gasteiger partial charge in [0.2, 0.25) is 5.91 Å². The highest BCUT2D eigenvalue weighted by molar-refractivity contribution is 5.93. The van der Waals surface area contributed by atoms with Gasteiger partial charge in [0, 0.05) is 30.1 Å². The monoisotopic (exact) mass is 397 g/mol. The van der Waals surface area contributed by atoms with E-state index >= 15 is 0 Å². The molecule has 2 aromatic carbocycles. The summed E-state index contributed by atoms with van der Waals surface area (Å²) >= 11 is 0. The largest absolute Gasteiger partial charge is 0.493 e. The molecule has 0 spiro atoms. The highest BCUT2D eigenvalue weighted by atomic mass is 19.1. The predicted molar refractivity (Wildman–Crippen MR) is 107 cm³/mol. The van der Waals surface area contributed by atoms with Crippen molar-refractivity contribution >= 4 is 17.6 Å². The number of fused-ring (bicyclic) bond motifs is 1. The second-order valence-corrected chi connectivity index (χ2v) is 7.52. The van der Waals surface area contributed by atoms with Crippen molar-refractivity contribution in [2.75, 3.05) is 11.9 Å². The molecule has 1 aliphatic carbocycles. The van der Waals surface area contributed by atoms with E-state index in [4.69, 9.17) is 4.74 Å². The molecule has 1 aliphatic heterocycles. The summed E-state index contributed by atoms with van der Waals surface area (Å²) in [5.74, 6) is 0.416. The van der Waals surface area contributed by atoms with Crippen LogP contribution in [0.1, 0.15) is 42.9 Å². The molecule has 0 saturated heterocycles. The van der Waals surface area contributed by atoms with Crippen LogP contribution in [-0.4, -0.2) is 18.5 Å². The van der Waals surface area contributed by atoms with E-state index in [-0.39, 0.29) is 29.7 Å². The molecule has 1 unspecified atom stereocenters. The third-order valence-electron chi connectivity index (χ3n) is 5.44. The minimum atomic E-state index is -0.359. The van der Waals surface area contributed by atoms with E-state index in [0.29, 0.717) is 30.9 Å². The van der Waals surface area contributed by atoms with Gasteiger partial charge in [0.1, 0.15) is 11.6 Å². The molecule has 3 N–H and O–H groups in total. The Morgan fingerprint density at radius 2 is 1.97 bits per heavy atom. The lowest BCUT2D eigenvalue weighted by Gasteiger charge is -2.26. The highest BCUT2D eigenvalue weighted by Crippen LogP contribution is 2.32. The summed E-state index contributed by atoms with van der Waals surface area (Å²) in [5.41, 5.74) is 2.26. The SMILES string of the molecule is O=C(NCc1cccc(NC(=O)C2CCC2)c1)NC1CCOc2ccc(F)cc21. The maximum absolute atomic E-state index is 13.6. The first-order valence-electron chi connectivity index (χ1n) is 9.95. The third kappa shape index (κ3) is 4.67. The van der Waals surface area contributed by atoms with Crippen molar-refractivity contribution in [1.29, 1.82) is 0 Å². The average molecular weight is 397 g/mol. The first-order chi connectivity index (χ1) is 14.1.